The molecule has 3 rings (SSSR count). The molecule has 0 radical (unpaired) electrons. The molecule has 0 saturated carbocycles. The summed E-state index contributed by atoms with van der Waals surface area (Å²) in [5.74, 6) is 0.482. The number of hydrogen-bond donors (Lipinski definition) is 2. The highest BCUT2D eigenvalue weighted by molar-refractivity contribution is 5.99. The molecule has 2 N–H and O–H groups in total. The lowest BCUT2D eigenvalue weighted by Crippen LogP contribution is -2.29. The maximum Gasteiger partial charge on any atom is 0.252 e. The van der Waals surface area contributed by atoms with Gasteiger partial charge in [-0.2, -0.15) is 0 Å². The number of aromatic nitrogens is 3. The van der Waals surface area contributed by atoms with Crippen molar-refractivity contribution >= 4 is 11.8 Å². The minimum absolute atomic E-state index is 0.124. The van der Waals surface area contributed by atoms with Crippen molar-refractivity contribution in [2.45, 2.75) is 38.9 Å². The predicted octanol–water partition coefficient (Wildman–Crippen LogP) is 1.18. The highest BCUT2D eigenvalue weighted by Crippen LogP contribution is 2.27. The minimum Gasteiger partial charge on any atom is -0.349 e. The van der Waals surface area contributed by atoms with E-state index in [9.17, 15) is 9.59 Å². The molecule has 120 valence electrons. The molecule has 0 bridgehead atoms. The zero-order chi connectivity index (χ0) is 16.2. The van der Waals surface area contributed by atoms with E-state index in [0.717, 1.165) is 24.4 Å². The maximum atomic E-state index is 12.2. The van der Waals surface area contributed by atoms with E-state index in [1.807, 2.05) is 22.8 Å². The molecule has 1 aromatic carbocycles. The lowest BCUT2D eigenvalue weighted by atomic mass is 10.0. The van der Waals surface area contributed by atoms with Crippen LogP contribution in [0.3, 0.4) is 0 Å². The van der Waals surface area contributed by atoms with Gasteiger partial charge >= 0.3 is 0 Å². The first-order chi connectivity index (χ1) is 11.2. The molecule has 1 aromatic heterocycles. The van der Waals surface area contributed by atoms with Crippen LogP contribution in [0.1, 0.15) is 47.6 Å². The predicted molar refractivity (Wildman–Crippen MR) is 83.4 cm³/mol. The summed E-state index contributed by atoms with van der Waals surface area (Å²) in [6.07, 6.45) is 2.85. The number of nitrogens with zero attached hydrogens (tertiary/aromatic N) is 3. The molecular weight excluding hydrogens is 294 g/mol. The molecule has 7 heteroatoms. The largest absolute Gasteiger partial charge is 0.349 e. The van der Waals surface area contributed by atoms with Crippen LogP contribution in [0.4, 0.5) is 0 Å². The Hall–Kier alpha value is -2.70. The van der Waals surface area contributed by atoms with Crippen molar-refractivity contribution in [3.8, 4) is 0 Å². The number of hydrogen-bond acceptors (Lipinski definition) is 4. The van der Waals surface area contributed by atoms with E-state index >= 15 is 0 Å². The second-order valence-corrected chi connectivity index (χ2v) is 5.53. The Morgan fingerprint density at radius 3 is 3.04 bits per heavy atom. The fraction of sp³-hybridized carbons (Fsp3) is 0.375. The Kier molecular flexibility index (Phi) is 4.36. The van der Waals surface area contributed by atoms with E-state index < -0.39 is 0 Å². The first kappa shape index (κ1) is 15.2. The Labute approximate surface area is 134 Å². The lowest BCUT2D eigenvalue weighted by Gasteiger charge is -2.12. The van der Waals surface area contributed by atoms with Crippen LogP contribution in [0.25, 0.3) is 0 Å². The molecule has 0 aliphatic carbocycles. The monoisotopic (exact) mass is 313 g/mol. The van der Waals surface area contributed by atoms with Crippen LogP contribution in [0.5, 0.6) is 0 Å². The van der Waals surface area contributed by atoms with Gasteiger partial charge < -0.3 is 15.2 Å². The van der Waals surface area contributed by atoms with Gasteiger partial charge in [-0.15, -0.1) is 10.2 Å². The molecule has 23 heavy (non-hydrogen) atoms. The van der Waals surface area contributed by atoms with Gasteiger partial charge in [0.1, 0.15) is 6.33 Å². The summed E-state index contributed by atoms with van der Waals surface area (Å²) in [5.41, 5.74) is 1.52. The van der Waals surface area contributed by atoms with E-state index in [1.165, 1.54) is 0 Å². The molecule has 2 heterocycles. The summed E-state index contributed by atoms with van der Waals surface area (Å²) in [4.78, 5) is 24.0. The highest BCUT2D eigenvalue weighted by atomic mass is 16.2. The first-order valence-electron chi connectivity index (χ1n) is 7.72. The standard InChI is InChI=1S/C16H19N5O2/c1-2-7-21-10-18-20-14(21)9-17-15(22)8-13-11-5-3-4-6-12(11)16(23)19-13/h3-6,10,13H,2,7-9H2,1H3,(H,17,22)(H,19,23). The van der Waals surface area contributed by atoms with Crippen LogP contribution < -0.4 is 10.6 Å². The van der Waals surface area contributed by atoms with Crippen molar-refractivity contribution in [1.82, 2.24) is 25.4 Å². The van der Waals surface area contributed by atoms with Gasteiger partial charge in [-0.3, -0.25) is 9.59 Å². The number of benzene rings is 1. The smallest absolute Gasteiger partial charge is 0.252 e. The third kappa shape index (κ3) is 3.23. The average molecular weight is 313 g/mol. The molecular formula is C16H19N5O2. The van der Waals surface area contributed by atoms with Crippen molar-refractivity contribution in [1.29, 1.82) is 0 Å². The van der Waals surface area contributed by atoms with Gasteiger partial charge in [0.25, 0.3) is 5.91 Å². The zero-order valence-electron chi connectivity index (χ0n) is 13.0. The van der Waals surface area contributed by atoms with Gasteiger partial charge in [-0.1, -0.05) is 25.1 Å². The molecule has 1 aliphatic heterocycles. The molecule has 0 saturated heterocycles. The van der Waals surface area contributed by atoms with Crippen molar-refractivity contribution in [2.24, 2.45) is 0 Å². The average Bonchev–Trinajstić information content (AvgIpc) is 3.11. The second-order valence-electron chi connectivity index (χ2n) is 5.53. The Balaban J connectivity index is 1.58. The molecule has 2 aromatic rings. The van der Waals surface area contributed by atoms with Gasteiger partial charge in [0, 0.05) is 12.1 Å². The van der Waals surface area contributed by atoms with Gasteiger partial charge in [-0.25, -0.2) is 0 Å². The number of aryl methyl sites for hydroxylation is 1. The first-order valence-corrected chi connectivity index (χ1v) is 7.72. The van der Waals surface area contributed by atoms with Crippen LogP contribution in [-0.4, -0.2) is 26.6 Å². The lowest BCUT2D eigenvalue weighted by molar-refractivity contribution is -0.121. The van der Waals surface area contributed by atoms with E-state index in [0.29, 0.717) is 12.1 Å². The molecule has 2 amide bonds. The van der Waals surface area contributed by atoms with E-state index in [1.54, 1.807) is 12.4 Å². The fourth-order valence-corrected chi connectivity index (χ4v) is 2.76. The van der Waals surface area contributed by atoms with Gasteiger partial charge in [0.2, 0.25) is 5.91 Å². The quantitative estimate of drug-likeness (QED) is 0.838. The van der Waals surface area contributed by atoms with Crippen molar-refractivity contribution in [3.63, 3.8) is 0 Å². The van der Waals surface area contributed by atoms with Crippen LogP contribution in [0.15, 0.2) is 30.6 Å². The summed E-state index contributed by atoms with van der Waals surface area (Å²) < 4.78 is 1.92. The summed E-state index contributed by atoms with van der Waals surface area (Å²) in [6, 6.07) is 7.07. The minimum atomic E-state index is -0.271. The topological polar surface area (TPSA) is 88.9 Å². The Morgan fingerprint density at radius 1 is 1.39 bits per heavy atom. The van der Waals surface area contributed by atoms with E-state index in [-0.39, 0.29) is 24.3 Å². The molecule has 0 fully saturated rings. The fourth-order valence-electron chi connectivity index (χ4n) is 2.76. The summed E-state index contributed by atoms with van der Waals surface area (Å²) in [5, 5.41) is 13.6. The Bertz CT molecular complexity index is 725. The van der Waals surface area contributed by atoms with E-state index in [4.69, 9.17) is 0 Å². The number of fused-ring (bicyclic) bond motifs is 1. The number of nitrogens with one attached hydrogen (secondary N) is 2. The van der Waals surface area contributed by atoms with E-state index in [2.05, 4.69) is 27.8 Å². The molecule has 1 unspecified atom stereocenters. The van der Waals surface area contributed by atoms with Crippen LogP contribution in [0, 0.1) is 0 Å². The van der Waals surface area contributed by atoms with Gasteiger partial charge in [0.05, 0.1) is 19.0 Å². The molecule has 1 atom stereocenters. The van der Waals surface area contributed by atoms with Crippen LogP contribution in [0.2, 0.25) is 0 Å². The normalized spacial score (nSPS) is 16.0. The maximum absolute atomic E-state index is 12.2. The Morgan fingerprint density at radius 2 is 2.22 bits per heavy atom. The summed E-state index contributed by atoms with van der Waals surface area (Å²) in [7, 11) is 0. The van der Waals surface area contributed by atoms with Gasteiger partial charge in [-0.05, 0) is 18.1 Å². The van der Waals surface area contributed by atoms with Crippen molar-refractivity contribution in [2.75, 3.05) is 0 Å². The third-order valence-corrected chi connectivity index (χ3v) is 3.88. The summed E-state index contributed by atoms with van der Waals surface area (Å²) in [6.45, 7) is 3.23. The number of amides is 2. The second kappa shape index (κ2) is 6.60. The van der Waals surface area contributed by atoms with Crippen molar-refractivity contribution < 1.29 is 9.59 Å². The number of rotatable bonds is 6. The van der Waals surface area contributed by atoms with Gasteiger partial charge in [0.15, 0.2) is 5.82 Å². The number of carbonyl (C=O) groups excluding carboxylic acids is 2. The third-order valence-electron chi connectivity index (χ3n) is 3.88. The van der Waals surface area contributed by atoms with Crippen LogP contribution in [-0.2, 0) is 17.9 Å². The summed E-state index contributed by atoms with van der Waals surface area (Å²) >= 11 is 0. The van der Waals surface area contributed by atoms with Crippen molar-refractivity contribution in [3.05, 3.63) is 47.5 Å². The van der Waals surface area contributed by atoms with Crippen LogP contribution >= 0.6 is 0 Å². The molecule has 7 nitrogen and oxygen atoms in total. The molecule has 0 spiro atoms. The highest BCUT2D eigenvalue weighted by Gasteiger charge is 2.29. The number of carbonyl (C=O) groups is 2. The molecule has 1 aliphatic rings. The SMILES string of the molecule is CCCn1cnnc1CNC(=O)CC1NC(=O)c2ccccc21. The zero-order valence-corrected chi connectivity index (χ0v) is 13.0.